The number of amides is 2. The molecule has 0 bridgehead atoms. The number of halogens is 1. The van der Waals surface area contributed by atoms with E-state index in [1.165, 1.54) is 24.3 Å². The monoisotopic (exact) mass is 476 g/mol. The van der Waals surface area contributed by atoms with Gasteiger partial charge in [-0.1, -0.05) is 18.2 Å². The van der Waals surface area contributed by atoms with Gasteiger partial charge < -0.3 is 4.57 Å². The molecule has 0 saturated carbocycles. The first-order valence-corrected chi connectivity index (χ1v) is 10.6. The van der Waals surface area contributed by atoms with Gasteiger partial charge in [0.05, 0.1) is 4.90 Å². The zero-order valence-electron chi connectivity index (χ0n) is 15.2. The number of nitrogens with one attached hydrogen (secondary N) is 3. The Bertz CT molecular complexity index is 1140. The van der Waals surface area contributed by atoms with Gasteiger partial charge in [0.2, 0.25) is 0 Å². The Hall–Kier alpha value is -3.11. The van der Waals surface area contributed by atoms with Gasteiger partial charge >= 0.3 is 0 Å². The molecular weight excluding hydrogens is 460 g/mol. The van der Waals surface area contributed by atoms with E-state index in [-0.39, 0.29) is 10.5 Å². The molecule has 0 fully saturated rings. The number of rotatable bonds is 5. The van der Waals surface area contributed by atoms with E-state index in [2.05, 4.69) is 31.5 Å². The van der Waals surface area contributed by atoms with Crippen molar-refractivity contribution in [3.8, 4) is 0 Å². The topological polar surface area (TPSA) is 109 Å². The third kappa shape index (κ3) is 5.04. The van der Waals surface area contributed by atoms with Crippen LogP contribution in [0.3, 0.4) is 0 Å². The summed E-state index contributed by atoms with van der Waals surface area (Å²) in [7, 11) is -2.08. The molecule has 0 unspecified atom stereocenters. The van der Waals surface area contributed by atoms with E-state index in [4.69, 9.17) is 0 Å². The number of benzene rings is 2. The van der Waals surface area contributed by atoms with Crippen LogP contribution in [0.15, 0.2) is 76.2 Å². The predicted molar refractivity (Wildman–Crippen MR) is 112 cm³/mol. The van der Waals surface area contributed by atoms with Crippen molar-refractivity contribution < 1.29 is 18.0 Å². The average molecular weight is 477 g/mol. The molecular formula is C19H17BrN4O4S. The normalized spacial score (nSPS) is 11.0. The van der Waals surface area contributed by atoms with Gasteiger partial charge in [-0.2, -0.15) is 0 Å². The molecule has 150 valence electrons. The van der Waals surface area contributed by atoms with Gasteiger partial charge in [0.25, 0.3) is 21.8 Å². The van der Waals surface area contributed by atoms with Crippen molar-refractivity contribution in [2.45, 2.75) is 4.90 Å². The molecule has 10 heteroatoms. The number of hydrazine groups is 1. The first-order chi connectivity index (χ1) is 13.8. The molecule has 8 nitrogen and oxygen atoms in total. The SMILES string of the molecule is Cn1cc(Br)cc1C(=O)NNC(=O)c1ccc(S(=O)(=O)Nc2ccccc2)cc1. The Balaban J connectivity index is 1.64. The maximum Gasteiger partial charge on any atom is 0.286 e. The van der Waals surface area contributed by atoms with E-state index < -0.39 is 21.8 Å². The fraction of sp³-hybridized carbons (Fsp3) is 0.0526. The summed E-state index contributed by atoms with van der Waals surface area (Å²) in [5, 5.41) is 0. The quantitative estimate of drug-likeness (QED) is 0.491. The Morgan fingerprint density at radius 1 is 0.931 bits per heavy atom. The van der Waals surface area contributed by atoms with Crippen LogP contribution in [0, 0.1) is 0 Å². The predicted octanol–water partition coefficient (Wildman–Crippen LogP) is 2.66. The second kappa shape index (κ2) is 8.50. The molecule has 0 atom stereocenters. The molecule has 3 N–H and O–H groups in total. The Labute approximate surface area is 176 Å². The average Bonchev–Trinajstić information content (AvgIpc) is 3.04. The van der Waals surface area contributed by atoms with E-state index in [0.29, 0.717) is 11.4 Å². The lowest BCUT2D eigenvalue weighted by molar-refractivity contribution is 0.0842. The molecule has 3 aromatic rings. The van der Waals surface area contributed by atoms with E-state index in [1.807, 2.05) is 0 Å². The van der Waals surface area contributed by atoms with Gasteiger partial charge in [-0.25, -0.2) is 8.42 Å². The van der Waals surface area contributed by atoms with E-state index >= 15 is 0 Å². The number of anilines is 1. The summed E-state index contributed by atoms with van der Waals surface area (Å²) in [5.74, 6) is -1.07. The van der Waals surface area contributed by atoms with Crippen LogP contribution in [0.4, 0.5) is 5.69 Å². The molecule has 29 heavy (non-hydrogen) atoms. The number of aromatic nitrogens is 1. The van der Waals surface area contributed by atoms with Crippen LogP contribution in [0.2, 0.25) is 0 Å². The standard InChI is InChI=1S/C19H17BrN4O4S/c1-24-12-14(20)11-17(24)19(26)22-21-18(25)13-7-9-16(10-8-13)29(27,28)23-15-5-3-2-4-6-15/h2-12,23H,1H3,(H,21,25)(H,22,26). The highest BCUT2D eigenvalue weighted by molar-refractivity contribution is 9.10. The molecule has 1 aromatic heterocycles. The fourth-order valence-corrected chi connectivity index (χ4v) is 4.09. The third-order valence-corrected chi connectivity index (χ3v) is 5.78. The summed E-state index contributed by atoms with van der Waals surface area (Å²) >= 11 is 3.27. The van der Waals surface area contributed by atoms with Crippen molar-refractivity contribution in [1.29, 1.82) is 0 Å². The third-order valence-electron chi connectivity index (χ3n) is 3.95. The maximum absolute atomic E-state index is 12.4. The van der Waals surface area contributed by atoms with Crippen LogP contribution in [-0.2, 0) is 17.1 Å². The van der Waals surface area contributed by atoms with Crippen LogP contribution in [0.5, 0.6) is 0 Å². The molecule has 0 radical (unpaired) electrons. The van der Waals surface area contributed by atoms with Crippen molar-refractivity contribution >= 4 is 43.5 Å². The molecule has 0 spiro atoms. The Kier molecular flexibility index (Phi) is 6.04. The molecule has 1 heterocycles. The first-order valence-electron chi connectivity index (χ1n) is 8.37. The second-order valence-electron chi connectivity index (χ2n) is 6.06. The lowest BCUT2D eigenvalue weighted by atomic mass is 10.2. The number of hydrogen-bond acceptors (Lipinski definition) is 4. The van der Waals surface area contributed by atoms with Gasteiger partial charge in [0.1, 0.15) is 5.69 Å². The molecule has 0 aliphatic heterocycles. The first kappa shape index (κ1) is 20.6. The molecule has 2 aromatic carbocycles. The smallest absolute Gasteiger partial charge is 0.286 e. The number of para-hydroxylation sites is 1. The van der Waals surface area contributed by atoms with E-state index in [9.17, 15) is 18.0 Å². The van der Waals surface area contributed by atoms with Gasteiger partial charge in [-0.3, -0.25) is 25.2 Å². The van der Waals surface area contributed by atoms with Gasteiger partial charge in [0.15, 0.2) is 0 Å². The van der Waals surface area contributed by atoms with Crippen molar-refractivity contribution in [3.63, 3.8) is 0 Å². The molecule has 0 aliphatic rings. The second-order valence-corrected chi connectivity index (χ2v) is 8.66. The Morgan fingerprint density at radius 3 is 2.14 bits per heavy atom. The highest BCUT2D eigenvalue weighted by Crippen LogP contribution is 2.16. The minimum absolute atomic E-state index is 0.00981. The van der Waals surface area contributed by atoms with Gasteiger partial charge in [-0.05, 0) is 58.4 Å². The minimum Gasteiger partial charge on any atom is -0.345 e. The fourth-order valence-electron chi connectivity index (χ4n) is 2.51. The number of sulfonamides is 1. The number of hydrogen-bond donors (Lipinski definition) is 3. The van der Waals surface area contributed by atoms with E-state index in [1.54, 1.807) is 54.2 Å². The maximum atomic E-state index is 12.4. The van der Waals surface area contributed by atoms with Crippen LogP contribution in [0.25, 0.3) is 0 Å². The lowest BCUT2D eigenvalue weighted by Gasteiger charge is -2.10. The van der Waals surface area contributed by atoms with E-state index in [0.717, 1.165) is 4.47 Å². The van der Waals surface area contributed by atoms with Crippen molar-refractivity contribution in [2.24, 2.45) is 7.05 Å². The number of carbonyl (C=O) groups is 2. The molecule has 2 amide bonds. The number of aryl methyl sites for hydroxylation is 1. The zero-order chi connectivity index (χ0) is 21.0. The Morgan fingerprint density at radius 2 is 1.55 bits per heavy atom. The summed E-state index contributed by atoms with van der Waals surface area (Å²) in [6.45, 7) is 0. The van der Waals surface area contributed by atoms with Crippen LogP contribution in [0.1, 0.15) is 20.8 Å². The number of carbonyl (C=O) groups excluding carboxylic acids is 2. The van der Waals surface area contributed by atoms with Crippen LogP contribution < -0.4 is 15.6 Å². The van der Waals surface area contributed by atoms with Gasteiger partial charge in [0, 0.05) is 29.0 Å². The summed E-state index contributed by atoms with van der Waals surface area (Å²) in [6.07, 6.45) is 1.71. The summed E-state index contributed by atoms with van der Waals surface area (Å²) in [5.41, 5.74) is 5.60. The van der Waals surface area contributed by atoms with Crippen LogP contribution in [-0.4, -0.2) is 24.8 Å². The molecule has 0 saturated heterocycles. The largest absolute Gasteiger partial charge is 0.345 e. The van der Waals surface area contributed by atoms with Crippen LogP contribution >= 0.6 is 15.9 Å². The molecule has 3 rings (SSSR count). The summed E-state index contributed by atoms with van der Waals surface area (Å²) < 4.78 is 29.6. The number of nitrogens with zero attached hydrogens (tertiary/aromatic N) is 1. The highest BCUT2D eigenvalue weighted by Gasteiger charge is 2.16. The molecule has 0 aliphatic carbocycles. The van der Waals surface area contributed by atoms with Gasteiger partial charge in [-0.15, -0.1) is 0 Å². The van der Waals surface area contributed by atoms with Crippen molar-refractivity contribution in [1.82, 2.24) is 15.4 Å². The summed E-state index contributed by atoms with van der Waals surface area (Å²) in [6, 6.07) is 15.4. The summed E-state index contributed by atoms with van der Waals surface area (Å²) in [4.78, 5) is 24.3. The minimum atomic E-state index is -3.78. The van der Waals surface area contributed by atoms with Crippen molar-refractivity contribution in [3.05, 3.63) is 82.6 Å². The lowest BCUT2D eigenvalue weighted by Crippen LogP contribution is -2.42. The zero-order valence-corrected chi connectivity index (χ0v) is 17.6. The van der Waals surface area contributed by atoms with Crippen molar-refractivity contribution in [2.75, 3.05) is 4.72 Å². The highest BCUT2D eigenvalue weighted by atomic mass is 79.9.